The van der Waals surface area contributed by atoms with Crippen LogP contribution in [0, 0.1) is 5.41 Å². The zero-order chi connectivity index (χ0) is 17.4. The average Bonchev–Trinajstić information content (AvgIpc) is 3.08. The summed E-state index contributed by atoms with van der Waals surface area (Å²) in [5.74, 6) is -1.46. The number of ether oxygens (including phenoxy) is 2. The summed E-state index contributed by atoms with van der Waals surface area (Å²) in [6, 6.07) is 8.58. The molecule has 1 saturated heterocycles. The molecule has 0 saturated carbocycles. The van der Waals surface area contributed by atoms with Crippen LogP contribution in [-0.2, 0) is 14.3 Å². The molecule has 1 aliphatic heterocycles. The summed E-state index contributed by atoms with van der Waals surface area (Å²) in [6.07, 6.45) is -3.85. The molecule has 0 aromatic heterocycles. The summed E-state index contributed by atoms with van der Waals surface area (Å²) in [5, 5.41) is 0. The Bertz CT molecular complexity index is 691. The fourth-order valence-electron chi connectivity index (χ4n) is 3.08. The van der Waals surface area contributed by atoms with Crippen LogP contribution >= 0.6 is 0 Å². The molecule has 2 aliphatic rings. The number of benzene rings is 1. The molecule has 4 nitrogen and oxygen atoms in total. The molecule has 1 aromatic carbocycles. The van der Waals surface area contributed by atoms with Gasteiger partial charge < -0.3 is 15.2 Å². The Hall–Kier alpha value is -2.12. The molecule has 2 N–H and O–H groups in total. The SMILES string of the molecule is NC(=O)C1(C(F)(F)F)CC(c2ccccc2)=CC=C1C1OCCO1. The molecular weight excluding hydrogens is 323 g/mol. The van der Waals surface area contributed by atoms with Crippen LogP contribution in [0.3, 0.4) is 0 Å². The van der Waals surface area contributed by atoms with E-state index in [0.717, 1.165) is 0 Å². The van der Waals surface area contributed by atoms with Gasteiger partial charge in [-0.2, -0.15) is 13.2 Å². The molecule has 3 rings (SSSR count). The molecule has 0 spiro atoms. The highest BCUT2D eigenvalue weighted by Crippen LogP contribution is 2.53. The highest BCUT2D eigenvalue weighted by molar-refractivity contribution is 5.90. The van der Waals surface area contributed by atoms with Crippen LogP contribution in [0.5, 0.6) is 0 Å². The molecule has 1 atom stereocenters. The highest BCUT2D eigenvalue weighted by atomic mass is 19.4. The van der Waals surface area contributed by atoms with Crippen molar-refractivity contribution in [3.05, 3.63) is 53.6 Å². The summed E-state index contributed by atoms with van der Waals surface area (Å²) in [7, 11) is 0. The lowest BCUT2D eigenvalue weighted by molar-refractivity contribution is -0.215. The van der Waals surface area contributed by atoms with Gasteiger partial charge in [0.2, 0.25) is 5.91 Å². The van der Waals surface area contributed by atoms with Crippen molar-refractivity contribution in [1.82, 2.24) is 0 Å². The predicted molar refractivity (Wildman–Crippen MR) is 80.5 cm³/mol. The number of rotatable bonds is 3. The Morgan fingerprint density at radius 1 is 1.12 bits per heavy atom. The Morgan fingerprint density at radius 2 is 1.75 bits per heavy atom. The van der Waals surface area contributed by atoms with Crippen LogP contribution in [0.2, 0.25) is 0 Å². The minimum Gasteiger partial charge on any atom is -0.369 e. The van der Waals surface area contributed by atoms with E-state index in [-0.39, 0.29) is 18.8 Å². The van der Waals surface area contributed by atoms with Crippen molar-refractivity contribution in [3.8, 4) is 0 Å². The molecule has 0 bridgehead atoms. The van der Waals surface area contributed by atoms with E-state index in [1.807, 2.05) is 0 Å². The van der Waals surface area contributed by atoms with E-state index < -0.39 is 30.2 Å². The van der Waals surface area contributed by atoms with E-state index in [9.17, 15) is 18.0 Å². The normalized spacial score (nSPS) is 25.3. The van der Waals surface area contributed by atoms with E-state index in [2.05, 4.69) is 0 Å². The van der Waals surface area contributed by atoms with Gasteiger partial charge in [0.25, 0.3) is 0 Å². The lowest BCUT2D eigenvalue weighted by atomic mass is 9.69. The van der Waals surface area contributed by atoms with Crippen LogP contribution < -0.4 is 5.73 Å². The monoisotopic (exact) mass is 339 g/mol. The van der Waals surface area contributed by atoms with Crippen LogP contribution in [0.4, 0.5) is 13.2 Å². The molecule has 1 fully saturated rings. The third-order valence-corrected chi connectivity index (χ3v) is 4.34. The number of primary amides is 1. The van der Waals surface area contributed by atoms with Crippen molar-refractivity contribution < 1.29 is 27.4 Å². The van der Waals surface area contributed by atoms with E-state index in [4.69, 9.17) is 15.2 Å². The van der Waals surface area contributed by atoms with Gasteiger partial charge in [-0.25, -0.2) is 0 Å². The second-order valence-corrected chi connectivity index (χ2v) is 5.70. The second kappa shape index (κ2) is 6.07. The maximum atomic E-state index is 14.0. The van der Waals surface area contributed by atoms with E-state index in [1.54, 1.807) is 36.4 Å². The smallest absolute Gasteiger partial charge is 0.369 e. The number of hydrogen-bond donors (Lipinski definition) is 1. The number of carbonyl (C=O) groups excluding carboxylic acids is 1. The molecule has 24 heavy (non-hydrogen) atoms. The Kier molecular flexibility index (Phi) is 4.23. The quantitative estimate of drug-likeness (QED) is 0.921. The van der Waals surface area contributed by atoms with Gasteiger partial charge in [-0.3, -0.25) is 4.79 Å². The molecule has 0 radical (unpaired) electrons. The standard InChI is InChI=1S/C17H16F3NO3/c18-17(19,20)16(15(21)22)10-12(11-4-2-1-3-5-11)6-7-13(16)14-23-8-9-24-14/h1-7,14H,8-10H2,(H2,21,22). The third kappa shape index (κ3) is 2.63. The topological polar surface area (TPSA) is 61.6 Å². The van der Waals surface area contributed by atoms with E-state index >= 15 is 0 Å². The number of allylic oxidation sites excluding steroid dienone is 3. The molecule has 1 unspecified atom stereocenters. The summed E-state index contributed by atoms with van der Waals surface area (Å²) in [5.41, 5.74) is 3.10. The number of hydrogen-bond acceptors (Lipinski definition) is 3. The van der Waals surface area contributed by atoms with Crippen molar-refractivity contribution in [3.63, 3.8) is 0 Å². The van der Waals surface area contributed by atoms with E-state index in [0.29, 0.717) is 11.1 Å². The minimum atomic E-state index is -4.87. The second-order valence-electron chi connectivity index (χ2n) is 5.70. The fourth-order valence-corrected chi connectivity index (χ4v) is 3.08. The van der Waals surface area contributed by atoms with Gasteiger partial charge in [-0.15, -0.1) is 0 Å². The predicted octanol–water partition coefficient (Wildman–Crippen LogP) is 2.81. The Morgan fingerprint density at radius 3 is 2.29 bits per heavy atom. The first kappa shape index (κ1) is 16.7. The van der Waals surface area contributed by atoms with Gasteiger partial charge in [0.1, 0.15) is 0 Å². The third-order valence-electron chi connectivity index (χ3n) is 4.34. The summed E-state index contributed by atoms with van der Waals surface area (Å²) >= 11 is 0. The maximum absolute atomic E-state index is 14.0. The average molecular weight is 339 g/mol. The summed E-state index contributed by atoms with van der Waals surface area (Å²) in [4.78, 5) is 12.0. The molecule has 1 aromatic rings. The zero-order valence-corrected chi connectivity index (χ0v) is 12.7. The van der Waals surface area contributed by atoms with Gasteiger partial charge >= 0.3 is 6.18 Å². The van der Waals surface area contributed by atoms with Crippen molar-refractivity contribution in [2.75, 3.05) is 13.2 Å². The largest absolute Gasteiger partial charge is 0.407 e. The highest BCUT2D eigenvalue weighted by Gasteiger charge is 2.64. The van der Waals surface area contributed by atoms with Crippen LogP contribution in [0.15, 0.2) is 48.1 Å². The van der Waals surface area contributed by atoms with Gasteiger partial charge in [0.05, 0.1) is 13.2 Å². The van der Waals surface area contributed by atoms with Crippen molar-refractivity contribution in [2.24, 2.45) is 11.1 Å². The van der Waals surface area contributed by atoms with Crippen LogP contribution in [0.25, 0.3) is 5.57 Å². The lowest BCUT2D eigenvalue weighted by Gasteiger charge is -2.39. The summed E-state index contributed by atoms with van der Waals surface area (Å²) in [6.45, 7) is 0.341. The number of amides is 1. The Balaban J connectivity index is 2.13. The number of nitrogens with two attached hydrogens (primary N) is 1. The maximum Gasteiger partial charge on any atom is 0.407 e. The fraction of sp³-hybridized carbons (Fsp3) is 0.353. The molecule has 1 heterocycles. The minimum absolute atomic E-state index is 0.171. The molecule has 1 aliphatic carbocycles. The van der Waals surface area contributed by atoms with Gasteiger partial charge in [-0.1, -0.05) is 42.5 Å². The number of alkyl halides is 3. The molecule has 7 heteroatoms. The van der Waals surface area contributed by atoms with Crippen molar-refractivity contribution in [1.29, 1.82) is 0 Å². The van der Waals surface area contributed by atoms with Gasteiger partial charge in [0.15, 0.2) is 11.7 Å². The first-order valence-corrected chi connectivity index (χ1v) is 7.43. The van der Waals surface area contributed by atoms with E-state index in [1.165, 1.54) is 6.08 Å². The van der Waals surface area contributed by atoms with Crippen molar-refractivity contribution in [2.45, 2.75) is 18.9 Å². The summed E-state index contributed by atoms with van der Waals surface area (Å²) < 4.78 is 52.3. The molecule has 128 valence electrons. The number of carbonyl (C=O) groups is 1. The van der Waals surface area contributed by atoms with Gasteiger partial charge in [-0.05, 0) is 11.1 Å². The Labute approximate surface area is 136 Å². The van der Waals surface area contributed by atoms with Crippen LogP contribution in [0.1, 0.15) is 12.0 Å². The van der Waals surface area contributed by atoms with Crippen LogP contribution in [-0.4, -0.2) is 31.6 Å². The first-order valence-electron chi connectivity index (χ1n) is 7.43. The van der Waals surface area contributed by atoms with Gasteiger partial charge in [0, 0.05) is 12.0 Å². The molecule has 1 amide bonds. The first-order chi connectivity index (χ1) is 11.4. The zero-order valence-electron chi connectivity index (χ0n) is 12.7. The number of halogens is 3. The lowest BCUT2D eigenvalue weighted by Crippen LogP contribution is -2.53. The van der Waals surface area contributed by atoms with Crippen molar-refractivity contribution >= 4 is 11.5 Å². The molecular formula is C17H16F3NO3.